The summed E-state index contributed by atoms with van der Waals surface area (Å²) in [5.41, 5.74) is 1.68. The van der Waals surface area contributed by atoms with Crippen molar-refractivity contribution in [3.63, 3.8) is 0 Å². The Kier molecular flexibility index (Phi) is 12.0. The number of nitrogens with one attached hydrogen (secondary N) is 3. The number of hydrogen-bond acceptors (Lipinski definition) is 4. The van der Waals surface area contributed by atoms with Crippen LogP contribution in [0.5, 0.6) is 0 Å². The number of sulfonamides is 1. The fourth-order valence-electron chi connectivity index (χ4n) is 2.37. The van der Waals surface area contributed by atoms with Gasteiger partial charge in [0.2, 0.25) is 10.0 Å². The molecule has 0 amide bonds. The highest BCUT2D eigenvalue weighted by molar-refractivity contribution is 14.0. The Hall–Kier alpha value is -0.910. The summed E-state index contributed by atoms with van der Waals surface area (Å²) in [4.78, 5) is 4.18. The van der Waals surface area contributed by atoms with Crippen molar-refractivity contribution >= 4 is 40.0 Å². The van der Waals surface area contributed by atoms with E-state index in [1.165, 1.54) is 0 Å². The summed E-state index contributed by atoms with van der Waals surface area (Å²) in [7, 11) is -0.0257. The van der Waals surface area contributed by atoms with Gasteiger partial charge in [0.1, 0.15) is 0 Å². The van der Waals surface area contributed by atoms with Crippen LogP contribution in [0.25, 0.3) is 0 Å². The molecule has 0 aliphatic carbocycles. The first-order chi connectivity index (χ1) is 11.8. The van der Waals surface area contributed by atoms with Crippen molar-refractivity contribution in [1.82, 2.24) is 15.4 Å². The van der Waals surface area contributed by atoms with Crippen molar-refractivity contribution in [2.24, 2.45) is 4.99 Å². The molecule has 1 atom stereocenters. The van der Waals surface area contributed by atoms with Gasteiger partial charge in [-0.25, -0.2) is 13.1 Å². The molecule has 0 fully saturated rings. The topological polar surface area (TPSA) is 91.8 Å². The van der Waals surface area contributed by atoms with Gasteiger partial charge in [-0.3, -0.25) is 4.99 Å². The summed E-state index contributed by atoms with van der Waals surface area (Å²) in [6.07, 6.45) is 0. The zero-order valence-corrected chi connectivity index (χ0v) is 19.2. The van der Waals surface area contributed by atoms with Crippen LogP contribution in [0.2, 0.25) is 0 Å². The predicted molar refractivity (Wildman–Crippen MR) is 117 cm³/mol. The van der Waals surface area contributed by atoms with E-state index in [1.54, 1.807) is 14.2 Å². The van der Waals surface area contributed by atoms with E-state index in [4.69, 9.17) is 4.74 Å². The second-order valence-electron chi connectivity index (χ2n) is 6.23. The zero-order valence-electron chi connectivity index (χ0n) is 16.1. The lowest BCUT2D eigenvalue weighted by atomic mass is 10.1. The lowest BCUT2D eigenvalue weighted by Crippen LogP contribution is -2.43. The third-order valence-electron chi connectivity index (χ3n) is 3.35. The van der Waals surface area contributed by atoms with Crippen LogP contribution < -0.4 is 15.4 Å². The molecule has 7 nitrogen and oxygen atoms in total. The van der Waals surface area contributed by atoms with E-state index in [1.807, 2.05) is 45.0 Å². The number of hydrogen-bond donors (Lipinski definition) is 3. The predicted octanol–water partition coefficient (Wildman–Crippen LogP) is 1.83. The lowest BCUT2D eigenvalue weighted by Gasteiger charge is -2.18. The second-order valence-corrected chi connectivity index (χ2v) is 7.98. The number of aliphatic imine (C=N–C) groups is 1. The van der Waals surface area contributed by atoms with Gasteiger partial charge >= 0.3 is 0 Å². The third kappa shape index (κ3) is 9.70. The van der Waals surface area contributed by atoms with Gasteiger partial charge in [0.25, 0.3) is 0 Å². The fraction of sp³-hybridized carbons (Fsp3) is 0.588. The van der Waals surface area contributed by atoms with Crippen LogP contribution in [0.1, 0.15) is 31.9 Å². The van der Waals surface area contributed by atoms with Crippen LogP contribution in [0.15, 0.2) is 29.3 Å². The molecule has 0 bridgehead atoms. The molecule has 0 aromatic heterocycles. The minimum absolute atomic E-state index is 0. The monoisotopic (exact) mass is 498 g/mol. The van der Waals surface area contributed by atoms with E-state index < -0.39 is 10.0 Å². The van der Waals surface area contributed by atoms with Crippen molar-refractivity contribution in [2.45, 2.75) is 45.2 Å². The smallest absolute Gasteiger partial charge is 0.216 e. The highest BCUT2D eigenvalue weighted by atomic mass is 127. The quantitative estimate of drug-likeness (QED) is 0.275. The van der Waals surface area contributed by atoms with Crippen LogP contribution >= 0.6 is 24.0 Å². The van der Waals surface area contributed by atoms with Gasteiger partial charge in [0.15, 0.2) is 5.96 Å². The molecule has 1 unspecified atom stereocenters. The normalized spacial score (nSPS) is 13.2. The number of benzene rings is 1. The van der Waals surface area contributed by atoms with Crippen molar-refractivity contribution in [1.29, 1.82) is 0 Å². The number of rotatable bonds is 9. The van der Waals surface area contributed by atoms with Gasteiger partial charge < -0.3 is 15.4 Å². The molecule has 0 heterocycles. The van der Waals surface area contributed by atoms with Gasteiger partial charge in [0, 0.05) is 32.8 Å². The molecule has 1 aromatic carbocycles. The van der Waals surface area contributed by atoms with Gasteiger partial charge in [-0.1, -0.05) is 24.3 Å². The Morgan fingerprint density at radius 1 is 1.19 bits per heavy atom. The molecule has 1 rings (SSSR count). The van der Waals surface area contributed by atoms with E-state index in [0.717, 1.165) is 11.1 Å². The van der Waals surface area contributed by atoms with Crippen molar-refractivity contribution in [2.75, 3.05) is 20.8 Å². The van der Waals surface area contributed by atoms with E-state index >= 15 is 0 Å². The highest BCUT2D eigenvalue weighted by Gasteiger charge is 2.15. The van der Waals surface area contributed by atoms with Gasteiger partial charge in [-0.05, 0) is 31.9 Å². The van der Waals surface area contributed by atoms with Crippen molar-refractivity contribution in [3.05, 3.63) is 35.4 Å². The molecule has 150 valence electrons. The third-order valence-corrected chi connectivity index (χ3v) is 4.87. The largest absolute Gasteiger partial charge is 0.383 e. The molecule has 0 aliphatic rings. The molecule has 0 saturated carbocycles. The highest BCUT2D eigenvalue weighted by Crippen LogP contribution is 2.12. The maximum Gasteiger partial charge on any atom is 0.216 e. The molecular weight excluding hydrogens is 467 g/mol. The van der Waals surface area contributed by atoms with Gasteiger partial charge in [-0.15, -0.1) is 24.0 Å². The minimum Gasteiger partial charge on any atom is -0.383 e. The Labute approximate surface area is 174 Å². The van der Waals surface area contributed by atoms with E-state index in [9.17, 15) is 8.42 Å². The summed E-state index contributed by atoms with van der Waals surface area (Å²) in [6.45, 7) is 6.65. The maximum absolute atomic E-state index is 12.2. The Balaban J connectivity index is 0.00000625. The second kappa shape index (κ2) is 12.5. The molecular formula is C17H31IN4O3S. The number of ether oxygens (including phenoxy) is 1. The Bertz CT molecular complexity index is 666. The van der Waals surface area contributed by atoms with Crippen LogP contribution in [-0.2, 0) is 27.1 Å². The van der Waals surface area contributed by atoms with Gasteiger partial charge in [0.05, 0.1) is 12.4 Å². The number of nitrogens with zero attached hydrogens (tertiary/aromatic N) is 1. The number of methoxy groups -OCH3 is 1. The van der Waals surface area contributed by atoms with Crippen LogP contribution in [-0.4, -0.2) is 47.2 Å². The first kappa shape index (κ1) is 25.1. The fourth-order valence-corrected chi connectivity index (χ4v) is 3.87. The van der Waals surface area contributed by atoms with Crippen molar-refractivity contribution < 1.29 is 13.2 Å². The van der Waals surface area contributed by atoms with Crippen LogP contribution in [0, 0.1) is 0 Å². The van der Waals surface area contributed by atoms with Crippen LogP contribution in [0.4, 0.5) is 0 Å². The number of guanidine groups is 1. The average molecular weight is 498 g/mol. The minimum atomic E-state index is -3.37. The molecule has 0 aliphatic heterocycles. The summed E-state index contributed by atoms with van der Waals surface area (Å²) in [6, 6.07) is 7.48. The lowest BCUT2D eigenvalue weighted by molar-refractivity contribution is 0.179. The summed E-state index contributed by atoms with van der Waals surface area (Å²) in [5, 5.41) is 6.42. The van der Waals surface area contributed by atoms with E-state index in [0.29, 0.717) is 19.1 Å². The Morgan fingerprint density at radius 3 is 2.35 bits per heavy atom. The molecule has 0 radical (unpaired) electrons. The summed E-state index contributed by atoms with van der Waals surface area (Å²) < 4.78 is 32.1. The molecule has 9 heteroatoms. The molecule has 0 saturated heterocycles. The number of halogens is 1. The SMILES string of the molecule is CN=C(NCc1ccccc1CS(=O)(=O)NC(C)C)NC(C)COC.I. The van der Waals surface area contributed by atoms with Crippen molar-refractivity contribution in [3.8, 4) is 0 Å². The molecule has 0 spiro atoms. The molecule has 1 aromatic rings. The maximum atomic E-state index is 12.2. The van der Waals surface area contributed by atoms with E-state index in [-0.39, 0.29) is 41.8 Å². The van der Waals surface area contributed by atoms with Crippen LogP contribution in [0.3, 0.4) is 0 Å². The molecule has 3 N–H and O–H groups in total. The zero-order chi connectivity index (χ0) is 18.9. The van der Waals surface area contributed by atoms with E-state index in [2.05, 4.69) is 20.3 Å². The van der Waals surface area contributed by atoms with Gasteiger partial charge in [-0.2, -0.15) is 0 Å². The standard InChI is InChI=1S/C17H30N4O3S.HI/c1-13(2)21-25(22,23)12-16-9-7-6-8-15(16)10-19-17(18-4)20-14(3)11-24-5;/h6-9,13-14,21H,10-12H2,1-5H3,(H2,18,19,20);1H. The molecule has 26 heavy (non-hydrogen) atoms. The Morgan fingerprint density at radius 2 is 1.81 bits per heavy atom. The first-order valence-corrected chi connectivity index (χ1v) is 9.95. The summed E-state index contributed by atoms with van der Waals surface area (Å²) in [5.74, 6) is 0.595. The first-order valence-electron chi connectivity index (χ1n) is 8.30. The summed E-state index contributed by atoms with van der Waals surface area (Å²) >= 11 is 0. The average Bonchev–Trinajstić information content (AvgIpc) is 2.51.